The Hall–Kier alpha value is -10.5. The van der Waals surface area contributed by atoms with Gasteiger partial charge in [0.1, 0.15) is 60.1 Å². The number of carbonyl (C=O) groups is 11. The summed E-state index contributed by atoms with van der Waals surface area (Å²) in [5.74, 6) is -9.20. The summed E-state index contributed by atoms with van der Waals surface area (Å²) >= 11 is 0. The zero-order valence-electron chi connectivity index (χ0n) is 51.7. The number of hydrogen-bond donors (Lipinski definition) is 17. The number of azide groups is 1. The third kappa shape index (κ3) is 22.4. The van der Waals surface area contributed by atoms with E-state index >= 15 is 0 Å². The number of aliphatic hydroxyl groups excluding tert-OH is 1. The maximum absolute atomic E-state index is 14.8. The largest absolute Gasteiger partial charge is 0.508 e. The maximum Gasteiger partial charge on any atom is 0.245 e. The molecule has 93 heavy (non-hydrogen) atoms. The van der Waals surface area contributed by atoms with Gasteiger partial charge in [0, 0.05) is 67.8 Å². The van der Waals surface area contributed by atoms with Crippen LogP contribution in [0, 0.1) is 5.92 Å². The summed E-state index contributed by atoms with van der Waals surface area (Å²) in [6.45, 7) is 2.39. The first kappa shape index (κ1) is 71.6. The fourth-order valence-corrected chi connectivity index (χ4v) is 10.7. The number of hydrogen-bond acceptors (Lipinski definition) is 16. The lowest BCUT2D eigenvalue weighted by molar-refractivity contribution is -0.142. The van der Waals surface area contributed by atoms with Crippen molar-refractivity contribution in [3.63, 3.8) is 0 Å². The summed E-state index contributed by atoms with van der Waals surface area (Å²) in [4.78, 5) is 170. The summed E-state index contributed by atoms with van der Waals surface area (Å²) in [5, 5.41) is 48.6. The Bertz CT molecular complexity index is 3330. The van der Waals surface area contributed by atoms with Gasteiger partial charge in [0.2, 0.25) is 65.0 Å². The van der Waals surface area contributed by atoms with Crippen molar-refractivity contribution < 1.29 is 63.0 Å². The molecule has 34 heteroatoms. The van der Waals surface area contributed by atoms with E-state index in [1.165, 1.54) is 41.7 Å². The lowest BCUT2D eigenvalue weighted by atomic mass is 10.00. The molecule has 34 nitrogen and oxygen atoms in total. The standard InChI is InChI=1S/C59H83N21O13/c1-32(2)23-42(52(87)72-41(12-7-20-65-59(61)62)58(93)80-22-8-13-47(80)57(92)67-29-48(60)83)73-50(85)39(11-5-6-21-69-79-78-63)71-53(88)43(24-33-14-16-36(82)17-15-33)74-56(91)46(30-81)77-54(89)44(25-34-27-66-38-10-4-3-9-37(34)38)75-55(90)45(26-35-28-64-31-68-35)76-51(86)40-18-19-49(84)70-40/h3-4,9-10,14-17,27-28,31-32,39-47,66,69,81-82H,5-8,11-13,18-26,29-30H2,1-2H3,(H2,60,83)(H,64,68)(H,67,92)(H,70,84)(H,71,88)(H,72,87)(H,73,85)(H,74,91)(H,75,90)(H,76,86)(H,77,89)(H4,61,62,65)/t39-,40+,41+,42+,43+,44+,45+,46+,47+/m1/s1. The number of benzene rings is 2. The highest BCUT2D eigenvalue weighted by Gasteiger charge is 2.40. The number of unbranched alkanes of at least 4 members (excludes halogenated alkanes) is 1. The second kappa shape index (κ2) is 35.8. The second-order valence-electron chi connectivity index (χ2n) is 23.0. The predicted octanol–water partition coefficient (Wildman–Crippen LogP) is -3.03. The molecule has 2 aliphatic heterocycles. The number of para-hydroxylation sites is 1. The predicted molar refractivity (Wildman–Crippen MR) is 335 cm³/mol. The molecule has 2 aromatic carbocycles. The van der Waals surface area contributed by atoms with Gasteiger partial charge in [-0.05, 0) is 98.3 Å². The number of nitrogens with one attached hydrogen (secondary N) is 12. The van der Waals surface area contributed by atoms with Crippen LogP contribution < -0.4 is 70.5 Å². The molecule has 0 aliphatic carbocycles. The fourth-order valence-electron chi connectivity index (χ4n) is 10.7. The van der Waals surface area contributed by atoms with Crippen LogP contribution in [0.2, 0.25) is 0 Å². The molecule has 2 aliphatic rings. The smallest absolute Gasteiger partial charge is 0.245 e. The van der Waals surface area contributed by atoms with Crippen molar-refractivity contribution in [1.29, 1.82) is 0 Å². The number of carbonyl (C=O) groups excluding carboxylic acids is 11. The van der Waals surface area contributed by atoms with E-state index in [4.69, 9.17) is 22.7 Å². The number of primary amides is 1. The number of H-pyrrole nitrogens is 2. The third-order valence-corrected chi connectivity index (χ3v) is 15.4. The molecule has 4 heterocycles. The van der Waals surface area contributed by atoms with Crippen LogP contribution in [0.25, 0.3) is 21.3 Å². The summed E-state index contributed by atoms with van der Waals surface area (Å²) in [5.41, 5.74) is 29.7. The molecule has 502 valence electrons. The molecule has 4 aromatic rings. The van der Waals surface area contributed by atoms with Gasteiger partial charge in [-0.1, -0.05) is 44.2 Å². The normalized spacial score (nSPS) is 16.5. The van der Waals surface area contributed by atoms with Crippen LogP contribution in [-0.4, -0.2) is 188 Å². The van der Waals surface area contributed by atoms with Crippen LogP contribution >= 0.6 is 0 Å². The molecule has 0 unspecified atom stereocenters. The highest BCUT2D eigenvalue weighted by atomic mass is 16.3. The van der Waals surface area contributed by atoms with Gasteiger partial charge in [0.05, 0.1) is 26.0 Å². The molecular weight excluding hydrogens is 1210 g/mol. The molecule has 9 atom stereocenters. The number of nitrogens with zero attached hydrogens (tertiary/aromatic N) is 6. The number of aromatic amines is 2. The number of aromatic hydroxyl groups is 1. The van der Waals surface area contributed by atoms with Gasteiger partial charge in [0.25, 0.3) is 0 Å². The van der Waals surface area contributed by atoms with Gasteiger partial charge in [0.15, 0.2) is 5.96 Å². The molecule has 20 N–H and O–H groups in total. The van der Waals surface area contributed by atoms with Crippen LogP contribution in [0.3, 0.4) is 0 Å². The minimum absolute atomic E-state index is 0.00878. The number of imidazole rings is 1. The monoisotopic (exact) mass is 1290 g/mol. The Morgan fingerprint density at radius 1 is 0.731 bits per heavy atom. The zero-order chi connectivity index (χ0) is 67.6. The van der Waals surface area contributed by atoms with E-state index < -0.39 is 127 Å². The molecule has 0 saturated carbocycles. The summed E-state index contributed by atoms with van der Waals surface area (Å²) in [7, 11) is 0. The summed E-state index contributed by atoms with van der Waals surface area (Å²) < 4.78 is 0. The van der Waals surface area contributed by atoms with E-state index in [0.29, 0.717) is 40.6 Å². The quantitative estimate of drug-likeness (QED) is 0.00406. The second-order valence-corrected chi connectivity index (χ2v) is 23.0. The SMILES string of the molecule is CC(C)C[C@H](NC(=O)[C@@H](CCCCNN=[N+]=[N-])NC(=O)[C@H](Cc1ccc(O)cc1)NC(=O)[C@H](CO)NC(=O)[C@H](Cc1c[nH]c2ccccc12)NC(=O)[C@H](Cc1cnc[nH]1)NC(=O)[C@@H]1CCC(=O)N1)C(=O)N[C@@H](CCCN=C(N)N)C(=O)N1CCC[C@H]1C(=O)NCC(N)=O. The topological polar surface area (TPSA) is 535 Å². The van der Waals surface area contributed by atoms with Gasteiger partial charge < -0.3 is 90.1 Å². The van der Waals surface area contributed by atoms with Crippen molar-refractivity contribution in [3.8, 4) is 5.75 Å². The number of guanidine groups is 1. The number of phenols is 1. The van der Waals surface area contributed by atoms with Gasteiger partial charge in [-0.25, -0.2) is 4.98 Å². The number of rotatable bonds is 37. The van der Waals surface area contributed by atoms with Crippen molar-refractivity contribution in [1.82, 2.24) is 73.1 Å². The summed E-state index contributed by atoms with van der Waals surface area (Å²) in [6, 6.07) is 0.481. The lowest BCUT2D eigenvalue weighted by Gasteiger charge is -2.30. The number of fused-ring (bicyclic) bond motifs is 1. The van der Waals surface area contributed by atoms with Crippen LogP contribution in [0.1, 0.15) is 94.9 Å². The molecule has 2 fully saturated rings. The van der Waals surface area contributed by atoms with E-state index in [1.807, 2.05) is 0 Å². The minimum atomic E-state index is -1.81. The molecule has 2 aromatic heterocycles. The van der Waals surface area contributed by atoms with E-state index in [2.05, 4.69) is 83.4 Å². The highest BCUT2D eigenvalue weighted by molar-refractivity contribution is 6.00. The molecule has 11 amide bonds. The van der Waals surface area contributed by atoms with Gasteiger partial charge in [-0.3, -0.25) is 63.2 Å². The van der Waals surface area contributed by atoms with E-state index in [0.717, 1.165) is 0 Å². The van der Waals surface area contributed by atoms with Crippen LogP contribution in [-0.2, 0) is 72.0 Å². The van der Waals surface area contributed by atoms with Crippen LogP contribution in [0.15, 0.2) is 77.5 Å². The highest BCUT2D eigenvalue weighted by Crippen LogP contribution is 2.22. The van der Waals surface area contributed by atoms with Crippen molar-refractivity contribution in [3.05, 3.63) is 94.5 Å². The van der Waals surface area contributed by atoms with Crippen molar-refractivity contribution in [2.24, 2.45) is 33.3 Å². The molecule has 2 saturated heterocycles. The first-order valence-electron chi connectivity index (χ1n) is 30.6. The number of nitrogens with two attached hydrogens (primary N) is 3. The number of likely N-dealkylation sites (tertiary alicyclic amines) is 1. The average molecular weight is 1290 g/mol. The van der Waals surface area contributed by atoms with Crippen molar-refractivity contribution >= 4 is 81.8 Å². The summed E-state index contributed by atoms with van der Waals surface area (Å²) in [6.07, 6.45) is 5.32. The average Bonchev–Trinajstić information content (AvgIpc) is 1.78. The molecule has 6 rings (SSSR count). The van der Waals surface area contributed by atoms with E-state index in [1.54, 1.807) is 44.3 Å². The molecule has 0 spiro atoms. The number of phenolic OH excluding ortho intramolecular Hbond substituents is 1. The Morgan fingerprint density at radius 2 is 1.35 bits per heavy atom. The first-order chi connectivity index (χ1) is 44.5. The minimum Gasteiger partial charge on any atom is -0.508 e. The zero-order valence-corrected chi connectivity index (χ0v) is 51.7. The number of aromatic nitrogens is 3. The Kier molecular flexibility index (Phi) is 27.5. The molecule has 0 radical (unpaired) electrons. The molecular formula is C59H83N21O13. The third-order valence-electron chi connectivity index (χ3n) is 15.4. The van der Waals surface area contributed by atoms with Crippen LogP contribution in [0.4, 0.5) is 0 Å². The van der Waals surface area contributed by atoms with Crippen molar-refractivity contribution in [2.75, 3.05) is 32.8 Å². The Labute approximate surface area is 534 Å². The van der Waals surface area contributed by atoms with E-state index in [-0.39, 0.29) is 114 Å². The Morgan fingerprint density at radius 3 is 2.00 bits per heavy atom. The molecule has 0 bridgehead atoms. The van der Waals surface area contributed by atoms with Crippen LogP contribution in [0.5, 0.6) is 5.75 Å². The lowest BCUT2D eigenvalue weighted by Crippen LogP contribution is -2.61. The van der Waals surface area contributed by atoms with Crippen molar-refractivity contribution in [2.45, 2.75) is 152 Å². The number of aliphatic hydroxyl groups is 1. The van der Waals surface area contributed by atoms with Gasteiger partial charge in [-0.2, -0.15) is 4.91 Å². The van der Waals surface area contributed by atoms with E-state index in [9.17, 15) is 63.0 Å². The van der Waals surface area contributed by atoms with Gasteiger partial charge in [-0.15, -0.1) is 5.53 Å². The Balaban J connectivity index is 1.25. The first-order valence-corrected chi connectivity index (χ1v) is 30.6. The number of aliphatic imine (C=N–C) groups is 1. The maximum atomic E-state index is 14.8. The fraction of sp³-hybridized carbons (Fsp3) is 0.508. The number of amides is 11. The van der Waals surface area contributed by atoms with Gasteiger partial charge >= 0.3 is 0 Å².